The van der Waals surface area contributed by atoms with Crippen LogP contribution in [0.4, 0.5) is 0 Å². The first-order chi connectivity index (χ1) is 14.4. The molecule has 0 amide bonds. The van der Waals surface area contributed by atoms with Crippen molar-refractivity contribution >= 4 is 11.9 Å². The highest BCUT2D eigenvalue weighted by atomic mass is 16.6. The number of rotatable bonds is 18. The molecule has 0 radical (unpaired) electrons. The van der Waals surface area contributed by atoms with Gasteiger partial charge in [-0.15, -0.1) is 6.58 Å². The maximum absolute atomic E-state index is 12.7. The smallest absolute Gasteiger partial charge is 0.309 e. The standard InChI is InChI=1S/C23H40O7/c1-5-7-8-18(6-2)13-27-14-20(12-24)30-23(26)19(10-9-17(3)4)11-22(25)29-16-21-15-28-21/h18-21,24H,3,5-16H2,1-2,4H3. The average Bonchev–Trinajstić information content (AvgIpc) is 3.55. The van der Waals surface area contributed by atoms with Crippen molar-refractivity contribution in [3.63, 3.8) is 0 Å². The summed E-state index contributed by atoms with van der Waals surface area (Å²) in [5.41, 5.74) is 0.923. The summed E-state index contributed by atoms with van der Waals surface area (Å²) < 4.78 is 21.3. The van der Waals surface area contributed by atoms with Gasteiger partial charge < -0.3 is 24.1 Å². The van der Waals surface area contributed by atoms with E-state index in [4.69, 9.17) is 18.9 Å². The number of aliphatic hydroxyl groups is 1. The third-order valence-corrected chi connectivity index (χ3v) is 5.19. The molecule has 1 rings (SSSR count). The van der Waals surface area contributed by atoms with Gasteiger partial charge in [-0.2, -0.15) is 0 Å². The molecule has 0 saturated carbocycles. The number of epoxide rings is 1. The molecule has 30 heavy (non-hydrogen) atoms. The minimum absolute atomic E-state index is 0.0186. The Morgan fingerprint density at radius 3 is 2.53 bits per heavy atom. The summed E-state index contributed by atoms with van der Waals surface area (Å²) in [6.07, 6.45) is 4.66. The summed E-state index contributed by atoms with van der Waals surface area (Å²) in [5.74, 6) is -1.14. The number of allylic oxidation sites excluding steroid dienone is 1. The molecule has 1 fully saturated rings. The van der Waals surface area contributed by atoms with Crippen molar-refractivity contribution in [2.45, 2.75) is 77.9 Å². The third kappa shape index (κ3) is 12.3. The summed E-state index contributed by atoms with van der Waals surface area (Å²) in [5, 5.41) is 9.60. The first-order valence-electron chi connectivity index (χ1n) is 11.2. The molecule has 4 atom stereocenters. The van der Waals surface area contributed by atoms with Gasteiger partial charge in [0.1, 0.15) is 18.8 Å². The second kappa shape index (κ2) is 15.4. The first-order valence-corrected chi connectivity index (χ1v) is 11.2. The van der Waals surface area contributed by atoms with Crippen molar-refractivity contribution in [1.82, 2.24) is 0 Å². The van der Waals surface area contributed by atoms with E-state index >= 15 is 0 Å². The van der Waals surface area contributed by atoms with Gasteiger partial charge in [0.25, 0.3) is 0 Å². The second-order valence-corrected chi connectivity index (χ2v) is 8.23. The molecule has 1 N–H and O–H groups in total. The lowest BCUT2D eigenvalue weighted by molar-refractivity contribution is -0.164. The Balaban J connectivity index is 2.49. The van der Waals surface area contributed by atoms with Crippen LogP contribution in [0.2, 0.25) is 0 Å². The van der Waals surface area contributed by atoms with E-state index in [0.717, 1.165) is 31.3 Å². The molecule has 0 aromatic heterocycles. The molecule has 0 spiro atoms. The molecule has 1 aliphatic heterocycles. The van der Waals surface area contributed by atoms with Crippen LogP contribution in [-0.4, -0.2) is 62.3 Å². The van der Waals surface area contributed by atoms with Gasteiger partial charge in [0.05, 0.1) is 32.2 Å². The summed E-state index contributed by atoms with van der Waals surface area (Å²) in [6.45, 7) is 11.2. The van der Waals surface area contributed by atoms with Crippen molar-refractivity contribution in [3.05, 3.63) is 12.2 Å². The number of ether oxygens (including phenoxy) is 4. The maximum Gasteiger partial charge on any atom is 0.309 e. The first kappa shape index (κ1) is 26.6. The Hall–Kier alpha value is -1.44. The summed E-state index contributed by atoms with van der Waals surface area (Å²) in [7, 11) is 0. The molecular formula is C23H40O7. The Kier molecular flexibility index (Phi) is 13.6. The van der Waals surface area contributed by atoms with Crippen LogP contribution < -0.4 is 0 Å². The van der Waals surface area contributed by atoms with E-state index < -0.39 is 24.0 Å². The van der Waals surface area contributed by atoms with Crippen molar-refractivity contribution in [2.24, 2.45) is 11.8 Å². The van der Waals surface area contributed by atoms with Crippen LogP contribution in [0, 0.1) is 11.8 Å². The van der Waals surface area contributed by atoms with Gasteiger partial charge in [0.15, 0.2) is 0 Å². The zero-order valence-corrected chi connectivity index (χ0v) is 18.9. The fourth-order valence-electron chi connectivity index (χ4n) is 2.98. The number of carbonyl (C=O) groups excluding carboxylic acids is 2. The topological polar surface area (TPSA) is 94.6 Å². The highest BCUT2D eigenvalue weighted by molar-refractivity contribution is 5.80. The number of hydrogen-bond acceptors (Lipinski definition) is 7. The molecule has 7 heteroatoms. The molecule has 7 nitrogen and oxygen atoms in total. The van der Waals surface area contributed by atoms with Crippen molar-refractivity contribution in [2.75, 3.05) is 33.0 Å². The highest BCUT2D eigenvalue weighted by Gasteiger charge is 2.29. The molecule has 4 unspecified atom stereocenters. The summed E-state index contributed by atoms with van der Waals surface area (Å²) in [4.78, 5) is 24.7. The molecule has 0 aromatic rings. The van der Waals surface area contributed by atoms with Gasteiger partial charge in [-0.3, -0.25) is 9.59 Å². The SMILES string of the molecule is C=C(C)CCC(CC(=O)OCC1CO1)C(=O)OC(CO)COCC(CC)CCCC. The van der Waals surface area contributed by atoms with Crippen molar-refractivity contribution in [1.29, 1.82) is 0 Å². The molecule has 1 heterocycles. The predicted octanol–water partition coefficient (Wildman–Crippen LogP) is 3.43. The van der Waals surface area contributed by atoms with E-state index in [-0.39, 0.29) is 32.3 Å². The largest absolute Gasteiger partial charge is 0.463 e. The molecule has 1 saturated heterocycles. The van der Waals surface area contributed by atoms with Crippen molar-refractivity contribution < 1.29 is 33.6 Å². The number of unbranched alkanes of at least 4 members (excludes halogenated alkanes) is 1. The Morgan fingerprint density at radius 2 is 1.97 bits per heavy atom. The number of carbonyl (C=O) groups is 2. The van der Waals surface area contributed by atoms with Crippen LogP contribution in [0.25, 0.3) is 0 Å². The molecule has 1 aliphatic rings. The summed E-state index contributed by atoms with van der Waals surface area (Å²) >= 11 is 0. The summed E-state index contributed by atoms with van der Waals surface area (Å²) in [6, 6.07) is 0. The minimum Gasteiger partial charge on any atom is -0.463 e. The predicted molar refractivity (Wildman–Crippen MR) is 114 cm³/mol. The lowest BCUT2D eigenvalue weighted by Gasteiger charge is -2.22. The molecule has 0 aliphatic carbocycles. The lowest BCUT2D eigenvalue weighted by Crippen LogP contribution is -2.32. The van der Waals surface area contributed by atoms with E-state index in [0.29, 0.717) is 32.0 Å². The molecule has 0 aromatic carbocycles. The van der Waals surface area contributed by atoms with E-state index in [1.165, 1.54) is 0 Å². The average molecular weight is 429 g/mol. The van der Waals surface area contributed by atoms with Gasteiger partial charge >= 0.3 is 11.9 Å². The van der Waals surface area contributed by atoms with Gasteiger partial charge in [-0.1, -0.05) is 38.7 Å². The highest BCUT2D eigenvalue weighted by Crippen LogP contribution is 2.19. The van der Waals surface area contributed by atoms with E-state index in [1.807, 2.05) is 6.92 Å². The van der Waals surface area contributed by atoms with Gasteiger partial charge in [0.2, 0.25) is 0 Å². The van der Waals surface area contributed by atoms with Crippen LogP contribution in [-0.2, 0) is 28.5 Å². The normalized spacial score (nSPS) is 18.3. The zero-order chi connectivity index (χ0) is 22.4. The zero-order valence-electron chi connectivity index (χ0n) is 18.9. The fraction of sp³-hybridized carbons (Fsp3) is 0.826. The lowest BCUT2D eigenvalue weighted by atomic mass is 9.97. The van der Waals surface area contributed by atoms with Crippen LogP contribution in [0.5, 0.6) is 0 Å². The molecule has 174 valence electrons. The number of hydrogen-bond donors (Lipinski definition) is 1. The Morgan fingerprint density at radius 1 is 1.23 bits per heavy atom. The van der Waals surface area contributed by atoms with Gasteiger partial charge in [-0.05, 0) is 32.1 Å². The molecular weight excluding hydrogens is 388 g/mol. The number of esters is 2. The Bertz CT molecular complexity index is 516. The maximum atomic E-state index is 12.7. The van der Waals surface area contributed by atoms with Crippen molar-refractivity contribution in [3.8, 4) is 0 Å². The minimum atomic E-state index is -0.746. The monoisotopic (exact) mass is 428 g/mol. The fourth-order valence-corrected chi connectivity index (χ4v) is 2.98. The molecule has 0 bridgehead atoms. The van der Waals surface area contributed by atoms with Gasteiger partial charge in [0, 0.05) is 6.61 Å². The van der Waals surface area contributed by atoms with Crippen LogP contribution in [0.1, 0.15) is 65.7 Å². The quantitative estimate of drug-likeness (QED) is 0.203. The Labute approximate surface area is 181 Å². The van der Waals surface area contributed by atoms with E-state index in [1.54, 1.807) is 0 Å². The van der Waals surface area contributed by atoms with E-state index in [9.17, 15) is 14.7 Å². The van der Waals surface area contributed by atoms with E-state index in [2.05, 4.69) is 20.4 Å². The van der Waals surface area contributed by atoms with Gasteiger partial charge in [-0.25, -0.2) is 0 Å². The van der Waals surface area contributed by atoms with Crippen LogP contribution in [0.3, 0.4) is 0 Å². The third-order valence-electron chi connectivity index (χ3n) is 5.19. The number of aliphatic hydroxyl groups excluding tert-OH is 1. The van der Waals surface area contributed by atoms with Crippen LogP contribution in [0.15, 0.2) is 12.2 Å². The van der Waals surface area contributed by atoms with Crippen LogP contribution >= 0.6 is 0 Å². The second-order valence-electron chi connectivity index (χ2n) is 8.23.